The van der Waals surface area contributed by atoms with E-state index < -0.39 is 17.7 Å². The fourth-order valence-corrected chi connectivity index (χ4v) is 3.22. The van der Waals surface area contributed by atoms with Crippen LogP contribution in [0.2, 0.25) is 0 Å². The van der Waals surface area contributed by atoms with Gasteiger partial charge in [0.05, 0.1) is 3.79 Å². The molecule has 1 aromatic heterocycles. The van der Waals surface area contributed by atoms with Crippen LogP contribution in [0.4, 0.5) is 8.78 Å². The van der Waals surface area contributed by atoms with Gasteiger partial charge in [0, 0.05) is 29.1 Å². The number of thiophene rings is 1. The van der Waals surface area contributed by atoms with Crippen molar-refractivity contribution in [3.63, 3.8) is 0 Å². The molecule has 0 aliphatic rings. The summed E-state index contributed by atoms with van der Waals surface area (Å²) in [5.74, 6) is -1.22. The van der Waals surface area contributed by atoms with Gasteiger partial charge in [0.2, 0.25) is 0 Å². The average molecular weight is 348 g/mol. The van der Waals surface area contributed by atoms with Crippen molar-refractivity contribution in [2.75, 3.05) is 0 Å². The van der Waals surface area contributed by atoms with Gasteiger partial charge in [-0.25, -0.2) is 8.78 Å². The second-order valence-corrected chi connectivity index (χ2v) is 6.64. The topological polar surface area (TPSA) is 35.2 Å². The van der Waals surface area contributed by atoms with Crippen molar-refractivity contribution in [2.24, 2.45) is 5.73 Å². The first-order valence-electron chi connectivity index (χ1n) is 5.59. The van der Waals surface area contributed by atoms with Crippen LogP contribution >= 0.6 is 27.3 Å². The summed E-state index contributed by atoms with van der Waals surface area (Å²) in [4.78, 5) is 0.895. The lowest BCUT2D eigenvalue weighted by atomic mass is 10.1. The predicted molar refractivity (Wildman–Crippen MR) is 75.4 cm³/mol. The molecule has 2 atom stereocenters. The summed E-state index contributed by atoms with van der Waals surface area (Å²) < 4.78 is 32.8. The van der Waals surface area contributed by atoms with Crippen molar-refractivity contribution in [1.29, 1.82) is 0 Å². The molecule has 2 unspecified atom stereocenters. The average Bonchev–Trinajstić information content (AvgIpc) is 2.70. The summed E-state index contributed by atoms with van der Waals surface area (Å²) in [6, 6.07) is 6.53. The zero-order valence-electron chi connectivity index (χ0n) is 10.1. The number of benzene rings is 1. The van der Waals surface area contributed by atoms with Gasteiger partial charge in [-0.1, -0.05) is 0 Å². The highest BCUT2D eigenvalue weighted by Gasteiger charge is 2.20. The quantitative estimate of drug-likeness (QED) is 0.896. The third-order valence-corrected chi connectivity index (χ3v) is 4.14. The Kier molecular flexibility index (Phi) is 4.54. The Morgan fingerprint density at radius 3 is 2.32 bits per heavy atom. The molecule has 0 spiro atoms. The maximum Gasteiger partial charge on any atom is 0.148 e. The van der Waals surface area contributed by atoms with E-state index in [0.717, 1.165) is 26.9 Å². The van der Waals surface area contributed by atoms with Crippen molar-refractivity contribution < 1.29 is 13.5 Å². The fourth-order valence-electron chi connectivity index (χ4n) is 1.65. The molecule has 2 aromatic rings. The Hall–Kier alpha value is -0.980. The van der Waals surface area contributed by atoms with E-state index in [2.05, 4.69) is 15.9 Å². The van der Waals surface area contributed by atoms with Crippen LogP contribution in [0.5, 0.6) is 5.75 Å². The molecule has 0 saturated heterocycles. The van der Waals surface area contributed by atoms with E-state index in [4.69, 9.17) is 10.5 Å². The van der Waals surface area contributed by atoms with Crippen molar-refractivity contribution in [1.82, 2.24) is 0 Å². The van der Waals surface area contributed by atoms with Crippen LogP contribution in [-0.2, 0) is 0 Å². The lowest BCUT2D eigenvalue weighted by Gasteiger charge is -2.21. The fraction of sp³-hybridized carbons (Fsp3) is 0.231. The monoisotopic (exact) mass is 347 g/mol. The van der Waals surface area contributed by atoms with Gasteiger partial charge in [0.15, 0.2) is 0 Å². The Labute approximate surface area is 122 Å². The molecule has 1 heterocycles. The molecular weight excluding hydrogens is 336 g/mol. The number of rotatable bonds is 4. The molecule has 6 heteroatoms. The Bertz CT molecular complexity index is 553. The smallest absolute Gasteiger partial charge is 0.148 e. The van der Waals surface area contributed by atoms with E-state index in [1.165, 1.54) is 11.3 Å². The summed E-state index contributed by atoms with van der Waals surface area (Å²) in [6.07, 6.45) is -0.447. The molecule has 19 heavy (non-hydrogen) atoms. The molecule has 0 aliphatic carbocycles. The van der Waals surface area contributed by atoms with E-state index >= 15 is 0 Å². The summed E-state index contributed by atoms with van der Waals surface area (Å²) in [5, 5.41) is 0. The molecule has 0 radical (unpaired) electrons. The van der Waals surface area contributed by atoms with Gasteiger partial charge in [-0.2, -0.15) is 0 Å². The maximum atomic E-state index is 13.1. The van der Waals surface area contributed by atoms with Crippen LogP contribution in [-0.4, -0.2) is 6.04 Å². The second kappa shape index (κ2) is 5.98. The predicted octanol–water partition coefficient (Wildman–Crippen LogP) is 4.26. The molecule has 0 bridgehead atoms. The Balaban J connectivity index is 2.26. The van der Waals surface area contributed by atoms with Crippen LogP contribution in [0.3, 0.4) is 0 Å². The highest BCUT2D eigenvalue weighted by Crippen LogP contribution is 2.32. The van der Waals surface area contributed by atoms with Gasteiger partial charge in [0.25, 0.3) is 0 Å². The highest BCUT2D eigenvalue weighted by atomic mass is 79.9. The third-order valence-electron chi connectivity index (χ3n) is 2.45. The van der Waals surface area contributed by atoms with Crippen LogP contribution in [0, 0.1) is 11.6 Å². The maximum absolute atomic E-state index is 13.1. The highest BCUT2D eigenvalue weighted by molar-refractivity contribution is 9.11. The number of nitrogens with two attached hydrogens (primary N) is 1. The minimum Gasteiger partial charge on any atom is -0.483 e. The summed E-state index contributed by atoms with van der Waals surface area (Å²) >= 11 is 4.84. The van der Waals surface area contributed by atoms with Gasteiger partial charge in [-0.05, 0) is 35.0 Å². The summed E-state index contributed by atoms with van der Waals surface area (Å²) in [5.41, 5.74) is 5.88. The molecule has 0 saturated carbocycles. The van der Waals surface area contributed by atoms with Gasteiger partial charge in [-0.3, -0.25) is 0 Å². The number of hydrogen-bond donors (Lipinski definition) is 1. The minimum atomic E-state index is -0.675. The lowest BCUT2D eigenvalue weighted by Crippen LogP contribution is -2.28. The van der Waals surface area contributed by atoms with E-state index in [9.17, 15) is 8.78 Å². The summed E-state index contributed by atoms with van der Waals surface area (Å²) in [7, 11) is 0. The van der Waals surface area contributed by atoms with Gasteiger partial charge in [-0.15, -0.1) is 11.3 Å². The first-order chi connectivity index (χ1) is 8.95. The van der Waals surface area contributed by atoms with Gasteiger partial charge < -0.3 is 10.5 Å². The molecular formula is C13H12BrF2NOS. The number of hydrogen-bond acceptors (Lipinski definition) is 3. The van der Waals surface area contributed by atoms with E-state index in [0.29, 0.717) is 0 Å². The number of halogens is 3. The van der Waals surface area contributed by atoms with Crippen LogP contribution in [0.1, 0.15) is 17.9 Å². The largest absolute Gasteiger partial charge is 0.483 e. The first kappa shape index (κ1) is 14.4. The van der Waals surface area contributed by atoms with Crippen molar-refractivity contribution in [2.45, 2.75) is 19.1 Å². The molecule has 2 rings (SSSR count). The Morgan fingerprint density at radius 2 is 1.84 bits per heavy atom. The van der Waals surface area contributed by atoms with Crippen molar-refractivity contribution >= 4 is 27.3 Å². The number of ether oxygens (including phenoxy) is 1. The standard InChI is InChI=1S/C13H12BrF2NOS/c1-7(17)13(11-2-3-12(14)19-11)18-10-5-8(15)4-9(16)6-10/h2-7,13H,17H2,1H3. The SMILES string of the molecule is CC(N)C(Oc1cc(F)cc(F)c1)c1ccc(Br)s1. The van der Waals surface area contributed by atoms with Crippen LogP contribution in [0.25, 0.3) is 0 Å². The normalized spacial score (nSPS) is 14.2. The molecule has 0 fully saturated rings. The first-order valence-corrected chi connectivity index (χ1v) is 7.20. The van der Waals surface area contributed by atoms with Crippen LogP contribution < -0.4 is 10.5 Å². The van der Waals surface area contributed by atoms with Crippen molar-refractivity contribution in [3.8, 4) is 5.75 Å². The van der Waals surface area contributed by atoms with E-state index in [-0.39, 0.29) is 11.8 Å². The minimum absolute atomic E-state index is 0.129. The lowest BCUT2D eigenvalue weighted by molar-refractivity contribution is 0.182. The molecule has 2 N–H and O–H groups in total. The zero-order chi connectivity index (χ0) is 14.0. The zero-order valence-corrected chi connectivity index (χ0v) is 12.5. The van der Waals surface area contributed by atoms with E-state index in [1.807, 2.05) is 12.1 Å². The second-order valence-electron chi connectivity index (χ2n) is 4.14. The molecule has 2 nitrogen and oxygen atoms in total. The van der Waals surface area contributed by atoms with Crippen molar-refractivity contribution in [3.05, 3.63) is 50.6 Å². The molecule has 102 valence electrons. The van der Waals surface area contributed by atoms with Crippen LogP contribution in [0.15, 0.2) is 34.1 Å². The van der Waals surface area contributed by atoms with E-state index in [1.54, 1.807) is 6.92 Å². The molecule has 0 amide bonds. The van der Waals surface area contributed by atoms with Gasteiger partial charge >= 0.3 is 0 Å². The Morgan fingerprint density at radius 1 is 1.21 bits per heavy atom. The third kappa shape index (κ3) is 3.75. The van der Waals surface area contributed by atoms with Gasteiger partial charge in [0.1, 0.15) is 23.5 Å². The molecule has 0 aliphatic heterocycles. The molecule has 1 aromatic carbocycles. The summed E-state index contributed by atoms with van der Waals surface area (Å²) in [6.45, 7) is 1.79.